The molecule has 0 radical (unpaired) electrons. The second kappa shape index (κ2) is 4.13. The second-order valence-electron chi connectivity index (χ2n) is 2.87. The summed E-state index contributed by atoms with van der Waals surface area (Å²) in [5.74, 6) is 0. The Balaban J connectivity index is 2.45. The van der Waals surface area contributed by atoms with Crippen LogP contribution < -0.4 is 0 Å². The molecule has 0 aliphatic rings. The molecule has 1 aromatic heterocycles. The fraction of sp³-hybridized carbons (Fsp3) is 0. The first-order valence-electron chi connectivity index (χ1n) is 4.10. The molecule has 15 heavy (non-hydrogen) atoms. The molecule has 0 spiro atoms. The van der Waals surface area contributed by atoms with E-state index in [1.165, 1.54) is 12.4 Å². The van der Waals surface area contributed by atoms with Gasteiger partial charge in [0.25, 0.3) is 0 Å². The molecule has 0 saturated carbocycles. The van der Waals surface area contributed by atoms with Gasteiger partial charge in [0.05, 0.1) is 10.0 Å². The third-order valence-corrected chi connectivity index (χ3v) is 2.61. The minimum Gasteiger partial charge on any atom is -0.210 e. The molecule has 2 nitrogen and oxygen atoms in total. The highest BCUT2D eigenvalue weighted by Crippen LogP contribution is 2.27. The van der Waals surface area contributed by atoms with Crippen molar-refractivity contribution in [1.29, 1.82) is 0 Å². The quantitative estimate of drug-likeness (QED) is 0.715. The van der Waals surface area contributed by atoms with Crippen molar-refractivity contribution in [3.63, 3.8) is 0 Å². The van der Waals surface area contributed by atoms with Crippen molar-refractivity contribution in [2.45, 2.75) is 0 Å². The summed E-state index contributed by atoms with van der Waals surface area (Å²) in [5, 5.41) is 0.918. The monoisotopic (exact) mass is 242 g/mol. The first-order valence-corrected chi connectivity index (χ1v) is 4.85. The molecule has 0 saturated heterocycles. The number of nitrogens with zero attached hydrogens (tertiary/aromatic N) is 2. The minimum atomic E-state index is -0.751. The van der Waals surface area contributed by atoms with Crippen LogP contribution in [0, 0.1) is 6.08 Å². The van der Waals surface area contributed by atoms with Gasteiger partial charge in [-0.3, -0.25) is 0 Å². The lowest BCUT2D eigenvalue weighted by molar-refractivity contribution is 0.539. The first kappa shape index (κ1) is 10.3. The van der Waals surface area contributed by atoms with Crippen LogP contribution in [0.2, 0.25) is 10.0 Å². The van der Waals surface area contributed by atoms with E-state index in [-0.39, 0.29) is 0 Å². The fourth-order valence-corrected chi connectivity index (χ4v) is 1.44. The molecule has 1 aromatic carbocycles. The van der Waals surface area contributed by atoms with Crippen molar-refractivity contribution in [1.82, 2.24) is 9.97 Å². The highest BCUT2D eigenvalue weighted by atomic mass is 35.5. The normalized spacial score (nSPS) is 10.3. The van der Waals surface area contributed by atoms with Gasteiger partial charge in [0, 0.05) is 18.0 Å². The number of hydrogen-bond acceptors (Lipinski definition) is 2. The van der Waals surface area contributed by atoms with Gasteiger partial charge in [-0.1, -0.05) is 29.3 Å². The van der Waals surface area contributed by atoms with Crippen molar-refractivity contribution in [2.75, 3.05) is 0 Å². The van der Waals surface area contributed by atoms with E-state index >= 15 is 0 Å². The van der Waals surface area contributed by atoms with E-state index in [2.05, 4.69) is 9.97 Å². The number of hydrogen-bond donors (Lipinski definition) is 0. The Morgan fingerprint density at radius 3 is 2.20 bits per heavy atom. The lowest BCUT2D eigenvalue weighted by atomic mass is 10.1. The maximum atomic E-state index is 12.5. The smallest absolute Gasteiger partial charge is 0.210 e. The fourth-order valence-electron chi connectivity index (χ4n) is 1.14. The highest BCUT2D eigenvalue weighted by molar-refractivity contribution is 6.42. The van der Waals surface area contributed by atoms with E-state index in [0.29, 0.717) is 15.6 Å². The Morgan fingerprint density at radius 2 is 1.60 bits per heavy atom. The van der Waals surface area contributed by atoms with Gasteiger partial charge in [-0.15, -0.1) is 0 Å². The molecule has 0 amide bonds. The predicted molar refractivity (Wildman–Crippen MR) is 57.4 cm³/mol. The van der Waals surface area contributed by atoms with Crippen molar-refractivity contribution < 1.29 is 4.39 Å². The molecule has 0 aliphatic carbocycles. The van der Waals surface area contributed by atoms with Crippen LogP contribution in [0.5, 0.6) is 0 Å². The standard InChI is InChI=1S/C10H5Cl2FN2/c11-8-2-1-6(3-9(8)12)7-4-14-10(13)15-5-7/h1-5H. The Morgan fingerprint density at radius 1 is 0.933 bits per heavy atom. The Hall–Kier alpha value is -1.19. The van der Waals surface area contributed by atoms with Crippen LogP contribution >= 0.6 is 23.2 Å². The van der Waals surface area contributed by atoms with Crippen LogP contribution in [-0.4, -0.2) is 9.97 Å². The molecule has 0 bridgehead atoms. The summed E-state index contributed by atoms with van der Waals surface area (Å²) in [4.78, 5) is 6.91. The van der Waals surface area contributed by atoms with Crippen LogP contribution in [0.3, 0.4) is 0 Å². The molecule has 1 heterocycles. The van der Waals surface area contributed by atoms with E-state index in [0.717, 1.165) is 5.56 Å². The summed E-state index contributed by atoms with van der Waals surface area (Å²) in [6.07, 6.45) is 2.03. The van der Waals surface area contributed by atoms with E-state index in [9.17, 15) is 4.39 Å². The van der Waals surface area contributed by atoms with Crippen molar-refractivity contribution in [2.24, 2.45) is 0 Å². The maximum Gasteiger partial charge on any atom is 0.308 e. The van der Waals surface area contributed by atoms with Gasteiger partial charge in [-0.25, -0.2) is 9.97 Å². The van der Waals surface area contributed by atoms with E-state index in [4.69, 9.17) is 23.2 Å². The molecule has 76 valence electrons. The topological polar surface area (TPSA) is 25.8 Å². The molecule has 2 aromatic rings. The predicted octanol–water partition coefficient (Wildman–Crippen LogP) is 3.59. The van der Waals surface area contributed by atoms with Gasteiger partial charge in [-0.05, 0) is 17.7 Å². The average molecular weight is 243 g/mol. The minimum absolute atomic E-state index is 0.443. The van der Waals surface area contributed by atoms with Crippen LogP contribution in [0.15, 0.2) is 30.6 Å². The van der Waals surface area contributed by atoms with Crippen LogP contribution in [0.4, 0.5) is 4.39 Å². The van der Waals surface area contributed by atoms with Crippen LogP contribution in [0.25, 0.3) is 11.1 Å². The second-order valence-corrected chi connectivity index (χ2v) is 3.68. The maximum absolute atomic E-state index is 12.5. The third-order valence-electron chi connectivity index (χ3n) is 1.87. The average Bonchev–Trinajstić information content (AvgIpc) is 2.23. The lowest BCUT2D eigenvalue weighted by Crippen LogP contribution is -1.88. The molecule has 2 rings (SSSR count). The largest absolute Gasteiger partial charge is 0.308 e. The van der Waals surface area contributed by atoms with Crippen molar-refractivity contribution >= 4 is 23.2 Å². The summed E-state index contributed by atoms with van der Waals surface area (Å²) >= 11 is 11.6. The summed E-state index contributed by atoms with van der Waals surface area (Å²) in [6.45, 7) is 0. The third kappa shape index (κ3) is 2.25. The molecular formula is C10H5Cl2FN2. The molecule has 0 aliphatic heterocycles. The zero-order chi connectivity index (χ0) is 10.8. The molecule has 5 heteroatoms. The molecule has 0 fully saturated rings. The summed E-state index contributed by atoms with van der Waals surface area (Å²) in [6, 6.07) is 5.12. The lowest BCUT2D eigenvalue weighted by Gasteiger charge is -2.02. The van der Waals surface area contributed by atoms with E-state index in [1.54, 1.807) is 18.2 Å². The van der Waals surface area contributed by atoms with Gasteiger partial charge in [0.15, 0.2) is 0 Å². The van der Waals surface area contributed by atoms with Gasteiger partial charge >= 0.3 is 6.08 Å². The summed E-state index contributed by atoms with van der Waals surface area (Å²) < 4.78 is 12.5. The van der Waals surface area contributed by atoms with Crippen molar-refractivity contribution in [3.8, 4) is 11.1 Å². The van der Waals surface area contributed by atoms with E-state index in [1.807, 2.05) is 0 Å². The van der Waals surface area contributed by atoms with Gasteiger partial charge < -0.3 is 0 Å². The molecule has 0 unspecified atom stereocenters. The molecule has 0 atom stereocenters. The van der Waals surface area contributed by atoms with Gasteiger partial charge in [0.1, 0.15) is 0 Å². The van der Waals surface area contributed by atoms with Crippen LogP contribution in [-0.2, 0) is 0 Å². The van der Waals surface area contributed by atoms with Gasteiger partial charge in [0.2, 0.25) is 0 Å². The summed E-state index contributed by atoms with van der Waals surface area (Å²) in [7, 11) is 0. The Kier molecular flexibility index (Phi) is 2.84. The number of benzene rings is 1. The van der Waals surface area contributed by atoms with Gasteiger partial charge in [-0.2, -0.15) is 4.39 Å². The zero-order valence-electron chi connectivity index (χ0n) is 7.42. The van der Waals surface area contributed by atoms with Crippen LogP contribution in [0.1, 0.15) is 0 Å². The Labute approximate surface area is 95.7 Å². The zero-order valence-corrected chi connectivity index (χ0v) is 8.93. The first-order chi connectivity index (χ1) is 7.16. The number of rotatable bonds is 1. The van der Waals surface area contributed by atoms with Crippen molar-refractivity contribution in [3.05, 3.63) is 46.7 Å². The molecular weight excluding hydrogens is 238 g/mol. The summed E-state index contributed by atoms with van der Waals surface area (Å²) in [5.41, 5.74) is 1.49. The Bertz CT molecular complexity index is 485. The number of aromatic nitrogens is 2. The highest BCUT2D eigenvalue weighted by Gasteiger charge is 2.03. The molecule has 0 N–H and O–H groups in total. The SMILES string of the molecule is Fc1ncc(-c2ccc(Cl)c(Cl)c2)cn1. The number of halogens is 3. The van der Waals surface area contributed by atoms with E-state index < -0.39 is 6.08 Å².